The Morgan fingerprint density at radius 3 is 2.23 bits per heavy atom. The summed E-state index contributed by atoms with van der Waals surface area (Å²) >= 11 is 0. The third-order valence-electron chi connectivity index (χ3n) is 4.07. The molecule has 0 atom stereocenters. The van der Waals surface area contributed by atoms with Crippen LogP contribution in [-0.4, -0.2) is 15.0 Å². The molecule has 0 amide bonds. The molecule has 0 bridgehead atoms. The Balaban J connectivity index is 1.61. The first-order valence-corrected chi connectivity index (χ1v) is 8.16. The number of nitrogens with zero attached hydrogens (tertiary/aromatic N) is 1. The molecule has 0 fully saturated rings. The number of nitrogens with one attached hydrogen (secondary N) is 2. The van der Waals surface area contributed by atoms with Crippen LogP contribution in [0, 0.1) is 0 Å². The van der Waals surface area contributed by atoms with Gasteiger partial charge in [-0.3, -0.25) is 9.78 Å². The second-order valence-corrected chi connectivity index (χ2v) is 5.86. The minimum absolute atomic E-state index is 0.214. The highest BCUT2D eigenvalue weighted by Gasteiger charge is 2.02. The van der Waals surface area contributed by atoms with E-state index in [2.05, 4.69) is 39.2 Å². The lowest BCUT2D eigenvalue weighted by Crippen LogP contribution is -2.22. The summed E-state index contributed by atoms with van der Waals surface area (Å²) in [7, 11) is 0. The topological polar surface area (TPSA) is 78.6 Å². The lowest BCUT2D eigenvalue weighted by Gasteiger charge is -2.02. The van der Waals surface area contributed by atoms with Gasteiger partial charge in [-0.15, -0.1) is 0 Å². The number of pyridine rings is 1. The molecule has 126 valence electrons. The van der Waals surface area contributed by atoms with Gasteiger partial charge in [0.1, 0.15) is 0 Å². The van der Waals surface area contributed by atoms with Crippen molar-refractivity contribution in [3.05, 3.63) is 98.8 Å². The van der Waals surface area contributed by atoms with Gasteiger partial charge in [0.15, 0.2) is 5.52 Å². The number of hydrogen-bond acceptors (Lipinski definition) is 3. The molecule has 2 aromatic heterocycles. The molecule has 5 nitrogen and oxygen atoms in total. The molecule has 0 radical (unpaired) electrons. The van der Waals surface area contributed by atoms with Crippen LogP contribution in [0.1, 0.15) is 11.3 Å². The Morgan fingerprint density at radius 1 is 0.731 bits per heavy atom. The molecular weight excluding hydrogens is 326 g/mol. The van der Waals surface area contributed by atoms with E-state index in [1.807, 2.05) is 42.5 Å². The van der Waals surface area contributed by atoms with Crippen molar-refractivity contribution < 1.29 is 0 Å². The van der Waals surface area contributed by atoms with Gasteiger partial charge in [0.2, 0.25) is 0 Å². The average Bonchev–Trinajstić information content (AvgIpc) is 2.67. The predicted octanol–water partition coefficient (Wildman–Crippen LogP) is 3.45. The van der Waals surface area contributed by atoms with E-state index >= 15 is 0 Å². The van der Waals surface area contributed by atoms with E-state index in [4.69, 9.17) is 0 Å². The molecule has 0 spiro atoms. The first-order chi connectivity index (χ1) is 12.7. The third kappa shape index (κ3) is 3.23. The van der Waals surface area contributed by atoms with Crippen LogP contribution in [0.5, 0.6) is 0 Å². The van der Waals surface area contributed by atoms with Gasteiger partial charge in [-0.2, -0.15) is 0 Å². The summed E-state index contributed by atoms with van der Waals surface area (Å²) in [6.45, 7) is 0. The van der Waals surface area contributed by atoms with Gasteiger partial charge in [0, 0.05) is 0 Å². The van der Waals surface area contributed by atoms with Crippen LogP contribution < -0.4 is 11.2 Å². The van der Waals surface area contributed by atoms with Gasteiger partial charge >= 0.3 is 5.69 Å². The van der Waals surface area contributed by atoms with Crippen molar-refractivity contribution in [3.63, 3.8) is 0 Å². The zero-order valence-corrected chi connectivity index (χ0v) is 13.8. The number of hydrogen-bond donors (Lipinski definition) is 2. The van der Waals surface area contributed by atoms with E-state index in [-0.39, 0.29) is 5.52 Å². The molecule has 0 saturated heterocycles. The van der Waals surface area contributed by atoms with Crippen molar-refractivity contribution in [2.75, 3.05) is 0 Å². The Kier molecular flexibility index (Phi) is 4.03. The highest BCUT2D eigenvalue weighted by molar-refractivity contribution is 5.77. The Labute approximate surface area is 148 Å². The molecule has 2 heterocycles. The van der Waals surface area contributed by atoms with Gasteiger partial charge in [0.05, 0.1) is 11.2 Å². The molecule has 4 aromatic rings. The molecular formula is C21H15N3O2. The average molecular weight is 341 g/mol. The van der Waals surface area contributed by atoms with E-state index in [1.165, 1.54) is 5.56 Å². The van der Waals surface area contributed by atoms with Crippen LogP contribution in [-0.2, 0) is 0 Å². The number of benzene rings is 2. The summed E-state index contributed by atoms with van der Waals surface area (Å²) in [5.41, 5.74) is 3.60. The van der Waals surface area contributed by atoms with E-state index < -0.39 is 11.2 Å². The van der Waals surface area contributed by atoms with Crippen molar-refractivity contribution in [2.45, 2.75) is 0 Å². The summed E-state index contributed by atoms with van der Waals surface area (Å²) in [5, 5.41) is 0. The molecule has 26 heavy (non-hydrogen) atoms. The fraction of sp³-hybridized carbons (Fsp3) is 0. The van der Waals surface area contributed by atoms with E-state index in [0.717, 1.165) is 11.1 Å². The van der Waals surface area contributed by atoms with Crippen molar-refractivity contribution in [1.29, 1.82) is 0 Å². The number of aromatic amines is 2. The summed E-state index contributed by atoms with van der Waals surface area (Å²) in [4.78, 5) is 32.1. The second-order valence-electron chi connectivity index (χ2n) is 5.86. The molecule has 0 aliphatic rings. The molecule has 4 rings (SSSR count). The molecule has 0 unspecified atom stereocenters. The van der Waals surface area contributed by atoms with Gasteiger partial charge in [-0.25, -0.2) is 9.78 Å². The quantitative estimate of drug-likeness (QED) is 0.599. The zero-order valence-electron chi connectivity index (χ0n) is 13.8. The Hall–Kier alpha value is -3.73. The number of aromatic nitrogens is 3. The van der Waals surface area contributed by atoms with Crippen molar-refractivity contribution >= 4 is 23.2 Å². The second kappa shape index (κ2) is 6.64. The first-order valence-electron chi connectivity index (χ1n) is 8.16. The fourth-order valence-electron chi connectivity index (χ4n) is 2.76. The maximum Gasteiger partial charge on any atom is 0.326 e. The van der Waals surface area contributed by atoms with Gasteiger partial charge < -0.3 is 4.98 Å². The number of rotatable bonds is 3. The van der Waals surface area contributed by atoms with Gasteiger partial charge in [-0.05, 0) is 34.9 Å². The Morgan fingerprint density at radius 2 is 1.46 bits per heavy atom. The van der Waals surface area contributed by atoms with Crippen molar-refractivity contribution in [1.82, 2.24) is 15.0 Å². The first kappa shape index (κ1) is 15.8. The van der Waals surface area contributed by atoms with Gasteiger partial charge in [0.25, 0.3) is 5.56 Å². The molecule has 2 N–H and O–H groups in total. The molecule has 0 aliphatic carbocycles. The lowest BCUT2D eigenvalue weighted by atomic mass is 10.0. The molecule has 5 heteroatoms. The summed E-state index contributed by atoms with van der Waals surface area (Å²) < 4.78 is 0. The normalized spacial score (nSPS) is 11.2. The molecule has 0 aliphatic heterocycles. The third-order valence-corrected chi connectivity index (χ3v) is 4.07. The Bertz CT molecular complexity index is 1200. The van der Waals surface area contributed by atoms with Crippen LogP contribution in [0.15, 0.2) is 76.3 Å². The van der Waals surface area contributed by atoms with Gasteiger partial charge in [-0.1, -0.05) is 60.7 Å². The minimum Gasteiger partial charge on any atom is -0.305 e. The summed E-state index contributed by atoms with van der Waals surface area (Å²) in [5.74, 6) is 0. The van der Waals surface area contributed by atoms with Crippen LogP contribution in [0.4, 0.5) is 0 Å². The summed E-state index contributed by atoms with van der Waals surface area (Å²) in [6, 6.07) is 21.8. The highest BCUT2D eigenvalue weighted by atomic mass is 16.2. The predicted molar refractivity (Wildman–Crippen MR) is 104 cm³/mol. The standard InChI is InChI=1S/C21H15N3O2/c25-20-19-18(23-21(26)24-20)13-12-17(22-19)11-8-14-6-9-16(10-7-14)15-4-2-1-3-5-15/h1-13H,(H2,23,24,25,26)/b11-8+. The number of H-pyrrole nitrogens is 2. The monoisotopic (exact) mass is 341 g/mol. The van der Waals surface area contributed by atoms with Crippen LogP contribution in [0.25, 0.3) is 34.3 Å². The van der Waals surface area contributed by atoms with Crippen LogP contribution >= 0.6 is 0 Å². The molecule has 0 saturated carbocycles. The SMILES string of the molecule is O=c1[nH]c(=O)c2nc(/C=C/c3ccc(-c4ccccc4)cc3)ccc2[nH]1. The highest BCUT2D eigenvalue weighted by Crippen LogP contribution is 2.20. The van der Waals surface area contributed by atoms with Crippen molar-refractivity contribution in [2.24, 2.45) is 0 Å². The maximum absolute atomic E-state index is 11.8. The van der Waals surface area contributed by atoms with Crippen LogP contribution in [0.2, 0.25) is 0 Å². The van der Waals surface area contributed by atoms with E-state index in [1.54, 1.807) is 12.1 Å². The van der Waals surface area contributed by atoms with Crippen molar-refractivity contribution in [3.8, 4) is 11.1 Å². The van der Waals surface area contributed by atoms with E-state index in [0.29, 0.717) is 11.2 Å². The summed E-state index contributed by atoms with van der Waals surface area (Å²) in [6.07, 6.45) is 3.77. The number of fused-ring (bicyclic) bond motifs is 1. The lowest BCUT2D eigenvalue weighted by molar-refractivity contribution is 1.07. The largest absolute Gasteiger partial charge is 0.326 e. The maximum atomic E-state index is 11.8. The van der Waals surface area contributed by atoms with E-state index in [9.17, 15) is 9.59 Å². The van der Waals surface area contributed by atoms with Crippen LogP contribution in [0.3, 0.4) is 0 Å². The minimum atomic E-state index is -0.536. The zero-order chi connectivity index (χ0) is 17.9. The molecule has 2 aromatic carbocycles. The smallest absolute Gasteiger partial charge is 0.305 e. The fourth-order valence-corrected chi connectivity index (χ4v) is 2.76.